The lowest BCUT2D eigenvalue weighted by Crippen LogP contribution is -2.55. The van der Waals surface area contributed by atoms with Crippen LogP contribution in [-0.4, -0.2) is 23.2 Å². The highest BCUT2D eigenvalue weighted by atomic mass is 16.5. The van der Waals surface area contributed by atoms with Crippen LogP contribution in [0.5, 0.6) is 5.75 Å². The van der Waals surface area contributed by atoms with Gasteiger partial charge in [-0.1, -0.05) is 101 Å². The number of fused-ring (bicyclic) bond motifs is 2. The smallest absolute Gasteiger partial charge is 0.335 e. The van der Waals surface area contributed by atoms with Crippen molar-refractivity contribution in [3.63, 3.8) is 0 Å². The summed E-state index contributed by atoms with van der Waals surface area (Å²) in [6, 6.07) is 12.8. The Morgan fingerprint density at radius 2 is 1.31 bits per heavy atom. The van der Waals surface area contributed by atoms with Gasteiger partial charge in [0.15, 0.2) is 0 Å². The molecular weight excluding hydrogens is 518 g/mol. The molecule has 0 aromatic heterocycles. The number of rotatable bonds is 4. The molecule has 4 heteroatoms. The van der Waals surface area contributed by atoms with Crippen LogP contribution in [0, 0.1) is 19.8 Å². The van der Waals surface area contributed by atoms with Gasteiger partial charge in [-0.3, -0.25) is 0 Å². The van der Waals surface area contributed by atoms with Gasteiger partial charge in [-0.2, -0.15) is 0 Å². The zero-order valence-electron chi connectivity index (χ0n) is 26.2. The van der Waals surface area contributed by atoms with Crippen molar-refractivity contribution in [1.82, 2.24) is 5.32 Å². The summed E-state index contributed by atoms with van der Waals surface area (Å²) in [5.41, 5.74) is 5.79. The van der Waals surface area contributed by atoms with Gasteiger partial charge in [-0.15, -0.1) is 0 Å². The second kappa shape index (κ2) is 12.7. The van der Waals surface area contributed by atoms with Gasteiger partial charge in [0, 0.05) is 22.6 Å². The summed E-state index contributed by atoms with van der Waals surface area (Å²) < 4.78 is 7.20. The molecule has 6 rings (SSSR count). The Bertz CT molecular complexity index is 1220. The number of aryl methyl sites for hydroxylation is 2. The molecule has 2 aliphatic carbocycles. The maximum absolute atomic E-state index is 11.8. The van der Waals surface area contributed by atoms with E-state index in [-0.39, 0.29) is 23.1 Å². The lowest BCUT2D eigenvalue weighted by molar-refractivity contribution is 0.0696. The molecule has 0 radical (unpaired) electrons. The van der Waals surface area contributed by atoms with Gasteiger partial charge in [-0.05, 0) is 87.1 Å². The Kier molecular flexibility index (Phi) is 9.01. The highest BCUT2D eigenvalue weighted by Gasteiger charge is 2.57. The first-order valence-corrected chi connectivity index (χ1v) is 17.3. The quantitative estimate of drug-likeness (QED) is 0.384. The number of carboxylic acids is 1. The second-order valence-electron chi connectivity index (χ2n) is 14.3. The van der Waals surface area contributed by atoms with Crippen LogP contribution in [0.1, 0.15) is 148 Å². The van der Waals surface area contributed by atoms with E-state index in [0.717, 1.165) is 12.8 Å². The van der Waals surface area contributed by atoms with Crippen LogP contribution in [0.25, 0.3) is 0 Å². The van der Waals surface area contributed by atoms with E-state index in [9.17, 15) is 9.90 Å². The first-order valence-electron chi connectivity index (χ1n) is 17.3. The van der Waals surface area contributed by atoms with Crippen LogP contribution < -0.4 is 10.1 Å². The molecule has 4 aliphatic rings. The van der Waals surface area contributed by atoms with Gasteiger partial charge in [0.05, 0.1) is 5.56 Å². The van der Waals surface area contributed by atoms with Crippen molar-refractivity contribution in [1.29, 1.82) is 0 Å². The third kappa shape index (κ3) is 5.53. The Morgan fingerprint density at radius 1 is 0.738 bits per heavy atom. The van der Waals surface area contributed by atoms with Crippen LogP contribution in [0.2, 0.25) is 0 Å². The summed E-state index contributed by atoms with van der Waals surface area (Å²) in [5.74, 6) is 0.877. The summed E-state index contributed by atoms with van der Waals surface area (Å²) in [4.78, 5) is 11.8. The maximum atomic E-state index is 11.8. The predicted octanol–water partition coefficient (Wildman–Crippen LogP) is 9.53. The fourth-order valence-corrected chi connectivity index (χ4v) is 9.56. The minimum Gasteiger partial charge on any atom is -0.487 e. The highest BCUT2D eigenvalue weighted by Crippen LogP contribution is 2.56. The van der Waals surface area contributed by atoms with Crippen molar-refractivity contribution in [2.24, 2.45) is 5.92 Å². The van der Waals surface area contributed by atoms with Crippen molar-refractivity contribution in [2.75, 3.05) is 0 Å². The molecule has 4 nitrogen and oxygen atoms in total. The summed E-state index contributed by atoms with van der Waals surface area (Å²) in [6.07, 6.45) is 23.2. The third-order valence-corrected chi connectivity index (χ3v) is 11.7. The van der Waals surface area contributed by atoms with Crippen LogP contribution in [0.3, 0.4) is 0 Å². The molecule has 3 fully saturated rings. The first kappa shape index (κ1) is 29.7. The molecule has 3 atom stereocenters. The summed E-state index contributed by atoms with van der Waals surface area (Å²) in [7, 11) is 0. The Labute approximate surface area is 254 Å². The van der Waals surface area contributed by atoms with E-state index < -0.39 is 5.97 Å². The monoisotopic (exact) mass is 571 g/mol. The molecule has 1 spiro atoms. The van der Waals surface area contributed by atoms with Crippen molar-refractivity contribution in [3.8, 4) is 5.75 Å². The topological polar surface area (TPSA) is 58.6 Å². The van der Waals surface area contributed by atoms with Crippen molar-refractivity contribution < 1.29 is 14.6 Å². The van der Waals surface area contributed by atoms with E-state index >= 15 is 0 Å². The molecule has 1 saturated heterocycles. The first-order chi connectivity index (χ1) is 20.4. The van der Waals surface area contributed by atoms with E-state index in [1.807, 2.05) is 12.1 Å². The highest BCUT2D eigenvalue weighted by molar-refractivity contribution is 5.87. The predicted molar refractivity (Wildman–Crippen MR) is 171 cm³/mol. The lowest BCUT2D eigenvalue weighted by atomic mass is 9.65. The Hall–Kier alpha value is -2.33. The molecule has 2 aliphatic heterocycles. The Balaban J connectivity index is 1.38. The van der Waals surface area contributed by atoms with E-state index in [4.69, 9.17) is 4.74 Å². The molecule has 2 heterocycles. The third-order valence-electron chi connectivity index (χ3n) is 11.7. The molecule has 42 heavy (non-hydrogen) atoms. The van der Waals surface area contributed by atoms with Gasteiger partial charge < -0.3 is 15.2 Å². The van der Waals surface area contributed by atoms with Gasteiger partial charge in [0.1, 0.15) is 11.9 Å². The fraction of sp³-hybridized carbons (Fsp3) is 0.658. The van der Waals surface area contributed by atoms with Gasteiger partial charge in [0.25, 0.3) is 0 Å². The van der Waals surface area contributed by atoms with Gasteiger partial charge >= 0.3 is 5.97 Å². The Morgan fingerprint density at radius 3 is 1.93 bits per heavy atom. The second-order valence-corrected chi connectivity index (χ2v) is 14.3. The zero-order valence-corrected chi connectivity index (χ0v) is 26.2. The number of benzene rings is 2. The number of hydrogen-bond acceptors (Lipinski definition) is 3. The average Bonchev–Trinajstić information content (AvgIpc) is 3.57. The van der Waals surface area contributed by atoms with Crippen LogP contribution in [0.15, 0.2) is 36.4 Å². The van der Waals surface area contributed by atoms with Crippen LogP contribution in [0.4, 0.5) is 0 Å². The number of aromatic carboxylic acids is 1. The number of ether oxygens (including phenoxy) is 1. The minimum absolute atomic E-state index is 0.0725. The van der Waals surface area contributed by atoms with Gasteiger partial charge in [-0.25, -0.2) is 4.79 Å². The number of hydrogen-bond donors (Lipinski definition) is 2. The van der Waals surface area contributed by atoms with E-state index in [1.54, 1.807) is 0 Å². The van der Waals surface area contributed by atoms with Crippen LogP contribution in [-0.2, 0) is 11.0 Å². The SMILES string of the molecule is Cc1ccc(C)c2c1OC(C1CCC(c3ccc(C(=O)O)cc3)(C3CCCCCCCCC3)N1)C21CCCCCCC1. The molecule has 3 unspecified atom stereocenters. The lowest BCUT2D eigenvalue weighted by Gasteiger charge is -2.43. The van der Waals surface area contributed by atoms with E-state index in [0.29, 0.717) is 11.5 Å². The number of carboxylic acid groups (broad SMARTS) is 1. The summed E-state index contributed by atoms with van der Waals surface area (Å²) in [6.45, 7) is 4.54. The average molecular weight is 572 g/mol. The van der Waals surface area contributed by atoms with Crippen molar-refractivity contribution in [2.45, 2.75) is 153 Å². The molecule has 0 bridgehead atoms. The molecule has 0 amide bonds. The normalized spacial score (nSPS) is 28.9. The number of nitrogens with one attached hydrogen (secondary N) is 1. The number of carbonyl (C=O) groups is 1. The van der Waals surface area contributed by atoms with Crippen molar-refractivity contribution in [3.05, 3.63) is 64.2 Å². The summed E-state index contributed by atoms with van der Waals surface area (Å²) >= 11 is 0. The van der Waals surface area contributed by atoms with Gasteiger partial charge in [0.2, 0.25) is 0 Å². The molecular formula is C38H53NO3. The fourth-order valence-electron chi connectivity index (χ4n) is 9.56. The molecule has 228 valence electrons. The molecule has 2 saturated carbocycles. The van der Waals surface area contributed by atoms with E-state index in [1.165, 1.54) is 131 Å². The standard InChI is InChI=1S/C38H53NO3/c1-27-17-18-28(2)34-33(27)37(24-13-9-6-10-14-25-37)35(42-34)32-23-26-38(39-32,31-21-19-29(20-22-31)36(40)41)30-15-11-7-4-3-5-8-12-16-30/h17-22,30,32,35,39H,3-16,23-26H2,1-2H3,(H,40,41). The van der Waals surface area contributed by atoms with E-state index in [2.05, 4.69) is 43.4 Å². The zero-order chi connectivity index (χ0) is 29.2. The molecule has 2 N–H and O–H groups in total. The largest absolute Gasteiger partial charge is 0.487 e. The minimum atomic E-state index is -0.847. The van der Waals surface area contributed by atoms with Crippen LogP contribution >= 0.6 is 0 Å². The molecule has 2 aromatic carbocycles. The van der Waals surface area contributed by atoms with Crippen molar-refractivity contribution >= 4 is 5.97 Å². The molecule has 2 aromatic rings. The summed E-state index contributed by atoms with van der Waals surface area (Å²) in [5, 5.41) is 14.0. The maximum Gasteiger partial charge on any atom is 0.335 e.